The molecule has 5 nitrogen and oxygen atoms in total. The van der Waals surface area contributed by atoms with Gasteiger partial charge in [0.25, 0.3) is 0 Å². The van der Waals surface area contributed by atoms with Gasteiger partial charge in [-0.1, -0.05) is 19.3 Å². The van der Waals surface area contributed by atoms with Gasteiger partial charge in [0.05, 0.1) is 0 Å². The molecular formula is C13H26ClN3O2. The summed E-state index contributed by atoms with van der Waals surface area (Å²) in [7, 11) is 0. The molecule has 0 bridgehead atoms. The Labute approximate surface area is 121 Å². The number of hydrogen-bond acceptors (Lipinski definition) is 3. The lowest BCUT2D eigenvalue weighted by Crippen LogP contribution is -2.41. The van der Waals surface area contributed by atoms with Gasteiger partial charge in [-0.15, -0.1) is 12.4 Å². The van der Waals surface area contributed by atoms with Gasteiger partial charge >= 0.3 is 0 Å². The van der Waals surface area contributed by atoms with Crippen molar-refractivity contribution >= 4 is 24.2 Å². The van der Waals surface area contributed by atoms with Crippen molar-refractivity contribution in [1.29, 1.82) is 0 Å². The van der Waals surface area contributed by atoms with Crippen LogP contribution in [0.15, 0.2) is 0 Å². The Morgan fingerprint density at radius 3 is 2.47 bits per heavy atom. The van der Waals surface area contributed by atoms with Crippen molar-refractivity contribution in [2.45, 2.75) is 51.5 Å². The molecule has 0 aromatic carbocycles. The van der Waals surface area contributed by atoms with Crippen LogP contribution in [0.3, 0.4) is 0 Å². The van der Waals surface area contributed by atoms with Gasteiger partial charge in [-0.25, -0.2) is 0 Å². The lowest BCUT2D eigenvalue weighted by atomic mass is 9.88. The van der Waals surface area contributed by atoms with E-state index >= 15 is 0 Å². The number of carbonyl (C=O) groups is 2. The standard InChI is InChI=1S/C13H25N3O2.ClH/c1-10(9-12(17)15-8-7-14)16-13(18)11-5-3-2-4-6-11;/h10-11H,2-9,14H2,1H3,(H,15,17)(H,16,18);1H. The molecule has 0 heterocycles. The van der Waals surface area contributed by atoms with Crippen molar-refractivity contribution in [2.24, 2.45) is 11.7 Å². The lowest BCUT2D eigenvalue weighted by Gasteiger charge is -2.23. The first-order valence-corrected chi connectivity index (χ1v) is 6.90. The van der Waals surface area contributed by atoms with Crippen LogP contribution in [0.5, 0.6) is 0 Å². The number of nitrogens with two attached hydrogens (primary N) is 1. The summed E-state index contributed by atoms with van der Waals surface area (Å²) in [6.45, 7) is 2.79. The first-order valence-electron chi connectivity index (χ1n) is 6.90. The van der Waals surface area contributed by atoms with E-state index in [2.05, 4.69) is 10.6 Å². The number of amides is 2. The van der Waals surface area contributed by atoms with Crippen LogP contribution in [0.4, 0.5) is 0 Å². The molecule has 112 valence electrons. The number of rotatable bonds is 6. The third-order valence-electron chi connectivity index (χ3n) is 3.32. The molecule has 6 heteroatoms. The Hall–Kier alpha value is -0.810. The van der Waals surface area contributed by atoms with Gasteiger partial charge in [0.15, 0.2) is 0 Å². The number of carbonyl (C=O) groups excluding carboxylic acids is 2. The van der Waals surface area contributed by atoms with E-state index in [0.29, 0.717) is 19.5 Å². The quantitative estimate of drug-likeness (QED) is 0.681. The monoisotopic (exact) mass is 291 g/mol. The molecule has 19 heavy (non-hydrogen) atoms. The topological polar surface area (TPSA) is 84.2 Å². The molecule has 2 amide bonds. The van der Waals surface area contributed by atoms with Crippen LogP contribution in [0.1, 0.15) is 45.4 Å². The summed E-state index contributed by atoms with van der Waals surface area (Å²) in [6, 6.07) is -0.114. The molecule has 1 unspecified atom stereocenters. The molecule has 0 aliphatic heterocycles. The normalized spacial score (nSPS) is 17.2. The first-order chi connectivity index (χ1) is 8.63. The second kappa shape index (κ2) is 10.0. The third-order valence-corrected chi connectivity index (χ3v) is 3.32. The van der Waals surface area contributed by atoms with E-state index in [9.17, 15) is 9.59 Å². The smallest absolute Gasteiger partial charge is 0.223 e. The van der Waals surface area contributed by atoms with Crippen LogP contribution < -0.4 is 16.4 Å². The second-order valence-electron chi connectivity index (χ2n) is 5.09. The summed E-state index contributed by atoms with van der Waals surface area (Å²) < 4.78 is 0. The predicted molar refractivity (Wildman–Crippen MR) is 78.1 cm³/mol. The Morgan fingerprint density at radius 1 is 1.26 bits per heavy atom. The van der Waals surface area contributed by atoms with Crippen LogP contribution in [0, 0.1) is 5.92 Å². The van der Waals surface area contributed by atoms with Gasteiger partial charge in [-0.2, -0.15) is 0 Å². The summed E-state index contributed by atoms with van der Waals surface area (Å²) in [6.07, 6.45) is 5.81. The molecule has 0 spiro atoms. The van der Waals surface area contributed by atoms with Crippen molar-refractivity contribution in [3.05, 3.63) is 0 Å². The summed E-state index contributed by atoms with van der Waals surface area (Å²) in [4.78, 5) is 23.4. The van der Waals surface area contributed by atoms with Gasteiger partial charge < -0.3 is 16.4 Å². The molecular weight excluding hydrogens is 266 g/mol. The van der Waals surface area contributed by atoms with E-state index in [1.54, 1.807) is 0 Å². The van der Waals surface area contributed by atoms with Crippen LogP contribution >= 0.6 is 12.4 Å². The van der Waals surface area contributed by atoms with Gasteiger partial charge in [0, 0.05) is 31.5 Å². The highest BCUT2D eigenvalue weighted by Gasteiger charge is 2.22. The summed E-state index contributed by atoms with van der Waals surface area (Å²) in [5, 5.41) is 5.63. The second-order valence-corrected chi connectivity index (χ2v) is 5.09. The molecule has 0 radical (unpaired) electrons. The van der Waals surface area contributed by atoms with Crippen LogP contribution in [0.25, 0.3) is 0 Å². The molecule has 0 aromatic rings. The Kier molecular flexibility index (Phi) is 9.61. The van der Waals surface area contributed by atoms with Crippen molar-refractivity contribution in [2.75, 3.05) is 13.1 Å². The molecule has 0 saturated heterocycles. The summed E-state index contributed by atoms with van der Waals surface area (Å²) in [5.41, 5.74) is 5.30. The fourth-order valence-electron chi connectivity index (χ4n) is 2.34. The minimum atomic E-state index is -0.114. The van der Waals surface area contributed by atoms with Crippen molar-refractivity contribution < 1.29 is 9.59 Å². The molecule has 1 rings (SSSR count). The van der Waals surface area contributed by atoms with E-state index in [1.165, 1.54) is 6.42 Å². The lowest BCUT2D eigenvalue weighted by molar-refractivity contribution is -0.127. The van der Waals surface area contributed by atoms with E-state index in [-0.39, 0.29) is 36.2 Å². The number of nitrogens with one attached hydrogen (secondary N) is 2. The summed E-state index contributed by atoms with van der Waals surface area (Å²) >= 11 is 0. The van der Waals surface area contributed by atoms with Gasteiger partial charge in [-0.3, -0.25) is 9.59 Å². The van der Waals surface area contributed by atoms with E-state index in [4.69, 9.17) is 5.73 Å². The molecule has 4 N–H and O–H groups in total. The fourth-order valence-corrected chi connectivity index (χ4v) is 2.34. The molecule has 1 aliphatic carbocycles. The highest BCUT2D eigenvalue weighted by molar-refractivity contribution is 5.85. The summed E-state index contributed by atoms with van der Waals surface area (Å²) in [5.74, 6) is 0.194. The largest absolute Gasteiger partial charge is 0.355 e. The zero-order chi connectivity index (χ0) is 13.4. The van der Waals surface area contributed by atoms with Crippen molar-refractivity contribution in [1.82, 2.24) is 10.6 Å². The van der Waals surface area contributed by atoms with Crippen LogP contribution in [-0.4, -0.2) is 30.9 Å². The maximum atomic E-state index is 11.9. The highest BCUT2D eigenvalue weighted by atomic mass is 35.5. The zero-order valence-corrected chi connectivity index (χ0v) is 12.4. The average Bonchev–Trinajstić information content (AvgIpc) is 2.37. The molecule has 0 aromatic heterocycles. The van der Waals surface area contributed by atoms with Gasteiger partial charge in [0.2, 0.25) is 11.8 Å². The average molecular weight is 292 g/mol. The minimum Gasteiger partial charge on any atom is -0.355 e. The first kappa shape index (κ1) is 18.2. The molecule has 1 saturated carbocycles. The molecule has 1 aliphatic rings. The van der Waals surface area contributed by atoms with E-state index in [0.717, 1.165) is 25.7 Å². The van der Waals surface area contributed by atoms with Crippen LogP contribution in [0.2, 0.25) is 0 Å². The number of hydrogen-bond donors (Lipinski definition) is 3. The van der Waals surface area contributed by atoms with Crippen molar-refractivity contribution in [3.8, 4) is 0 Å². The zero-order valence-electron chi connectivity index (χ0n) is 11.6. The predicted octanol–water partition coefficient (Wildman–Crippen LogP) is 0.958. The fraction of sp³-hybridized carbons (Fsp3) is 0.846. The Bertz CT molecular complexity index is 281. The van der Waals surface area contributed by atoms with Crippen LogP contribution in [-0.2, 0) is 9.59 Å². The molecule has 1 atom stereocenters. The minimum absolute atomic E-state index is 0. The SMILES string of the molecule is CC(CC(=O)NCCN)NC(=O)C1CCCCC1.Cl. The Morgan fingerprint density at radius 2 is 1.89 bits per heavy atom. The Balaban J connectivity index is 0.00000324. The maximum Gasteiger partial charge on any atom is 0.223 e. The van der Waals surface area contributed by atoms with E-state index in [1.807, 2.05) is 6.92 Å². The number of halogens is 1. The maximum absolute atomic E-state index is 11.9. The third kappa shape index (κ3) is 7.38. The van der Waals surface area contributed by atoms with E-state index < -0.39 is 0 Å². The van der Waals surface area contributed by atoms with Gasteiger partial charge in [0.1, 0.15) is 0 Å². The molecule has 1 fully saturated rings. The van der Waals surface area contributed by atoms with Gasteiger partial charge in [-0.05, 0) is 19.8 Å². The highest BCUT2D eigenvalue weighted by Crippen LogP contribution is 2.23. The van der Waals surface area contributed by atoms with Crippen molar-refractivity contribution in [3.63, 3.8) is 0 Å².